The van der Waals surface area contributed by atoms with E-state index in [9.17, 15) is 24.3 Å². The summed E-state index contributed by atoms with van der Waals surface area (Å²) in [6.07, 6.45) is -0.296. The summed E-state index contributed by atoms with van der Waals surface area (Å²) in [5.74, 6) is -2.69. The lowest BCUT2D eigenvalue weighted by molar-refractivity contribution is -0.139. The Kier molecular flexibility index (Phi) is 3.96. The summed E-state index contributed by atoms with van der Waals surface area (Å²) < 4.78 is 4.59. The first kappa shape index (κ1) is 16.6. The fourth-order valence-electron chi connectivity index (χ4n) is 3.05. The molecule has 126 valence electrons. The monoisotopic (exact) mass is 338 g/mol. The largest absolute Gasteiger partial charge is 0.506 e. The van der Waals surface area contributed by atoms with Crippen molar-refractivity contribution in [3.63, 3.8) is 0 Å². The zero-order chi connectivity index (χ0) is 18.3. The number of benzene rings is 2. The number of ketones is 3. The SMILES string of the molecule is COC(=O)Cc1cc2c(c(O)c1C(C)=O)C(=O)c1ccccc1C2=O. The van der Waals surface area contributed by atoms with Gasteiger partial charge in [0.1, 0.15) is 5.75 Å². The maximum Gasteiger partial charge on any atom is 0.310 e. The molecule has 6 nitrogen and oxygen atoms in total. The summed E-state index contributed by atoms with van der Waals surface area (Å²) in [7, 11) is 1.19. The third-order valence-electron chi connectivity index (χ3n) is 4.19. The van der Waals surface area contributed by atoms with Crippen molar-refractivity contribution in [3.8, 4) is 5.75 Å². The van der Waals surface area contributed by atoms with Gasteiger partial charge in [0, 0.05) is 16.7 Å². The number of carbonyl (C=O) groups is 4. The van der Waals surface area contributed by atoms with E-state index in [1.54, 1.807) is 12.1 Å². The van der Waals surface area contributed by atoms with E-state index < -0.39 is 29.1 Å². The van der Waals surface area contributed by atoms with Crippen molar-refractivity contribution in [1.29, 1.82) is 0 Å². The highest BCUT2D eigenvalue weighted by atomic mass is 16.5. The number of aromatic hydroxyl groups is 1. The van der Waals surface area contributed by atoms with Crippen LogP contribution in [-0.4, -0.2) is 35.5 Å². The van der Waals surface area contributed by atoms with E-state index in [2.05, 4.69) is 4.74 Å². The first-order chi connectivity index (χ1) is 11.9. The van der Waals surface area contributed by atoms with Crippen LogP contribution >= 0.6 is 0 Å². The number of phenols is 1. The van der Waals surface area contributed by atoms with Crippen LogP contribution in [0.4, 0.5) is 0 Å². The average Bonchev–Trinajstić information content (AvgIpc) is 2.58. The molecule has 0 spiro atoms. The highest BCUT2D eigenvalue weighted by Gasteiger charge is 2.35. The van der Waals surface area contributed by atoms with Crippen LogP contribution in [0.1, 0.15) is 54.7 Å². The summed E-state index contributed by atoms with van der Waals surface area (Å²) in [4.78, 5) is 49.0. The van der Waals surface area contributed by atoms with E-state index in [0.29, 0.717) is 0 Å². The Balaban J connectivity index is 2.30. The maximum absolute atomic E-state index is 12.7. The van der Waals surface area contributed by atoms with Gasteiger partial charge in [0.15, 0.2) is 17.3 Å². The minimum atomic E-state index is -0.628. The van der Waals surface area contributed by atoms with Gasteiger partial charge in [-0.3, -0.25) is 19.2 Å². The molecule has 1 aliphatic carbocycles. The third kappa shape index (κ3) is 2.52. The van der Waals surface area contributed by atoms with Gasteiger partial charge in [-0.15, -0.1) is 0 Å². The number of rotatable bonds is 3. The molecule has 2 aromatic carbocycles. The van der Waals surface area contributed by atoms with Crippen molar-refractivity contribution in [2.75, 3.05) is 7.11 Å². The number of hydrogen-bond donors (Lipinski definition) is 1. The van der Waals surface area contributed by atoms with Crippen LogP contribution in [0.3, 0.4) is 0 Å². The van der Waals surface area contributed by atoms with E-state index in [0.717, 1.165) is 0 Å². The second-order valence-corrected chi connectivity index (χ2v) is 5.69. The van der Waals surface area contributed by atoms with Crippen LogP contribution in [0.5, 0.6) is 5.75 Å². The van der Waals surface area contributed by atoms with Gasteiger partial charge >= 0.3 is 5.97 Å². The quantitative estimate of drug-likeness (QED) is 0.580. The van der Waals surface area contributed by atoms with Crippen LogP contribution in [0, 0.1) is 0 Å². The topological polar surface area (TPSA) is 97.7 Å². The van der Waals surface area contributed by atoms with Crippen LogP contribution in [-0.2, 0) is 16.0 Å². The Bertz CT molecular complexity index is 955. The van der Waals surface area contributed by atoms with Crippen molar-refractivity contribution in [2.45, 2.75) is 13.3 Å². The first-order valence-corrected chi connectivity index (χ1v) is 7.51. The van der Waals surface area contributed by atoms with Gasteiger partial charge < -0.3 is 9.84 Å². The van der Waals surface area contributed by atoms with Crippen molar-refractivity contribution >= 4 is 23.3 Å². The molecule has 0 fully saturated rings. The molecule has 0 aromatic heterocycles. The molecule has 0 atom stereocenters. The number of fused-ring (bicyclic) bond motifs is 2. The molecule has 0 aliphatic heterocycles. The summed E-state index contributed by atoms with van der Waals surface area (Å²) in [6.45, 7) is 1.21. The molecule has 0 radical (unpaired) electrons. The smallest absolute Gasteiger partial charge is 0.310 e. The van der Waals surface area contributed by atoms with Gasteiger partial charge in [-0.25, -0.2) is 0 Å². The van der Waals surface area contributed by atoms with E-state index in [1.165, 1.54) is 32.2 Å². The highest BCUT2D eigenvalue weighted by Crippen LogP contribution is 2.37. The van der Waals surface area contributed by atoms with Crippen LogP contribution in [0.25, 0.3) is 0 Å². The Morgan fingerprint density at radius 3 is 2.20 bits per heavy atom. The molecule has 0 saturated carbocycles. The lowest BCUT2D eigenvalue weighted by atomic mass is 9.80. The zero-order valence-electron chi connectivity index (χ0n) is 13.6. The van der Waals surface area contributed by atoms with E-state index in [1.807, 2.05) is 0 Å². The maximum atomic E-state index is 12.7. The number of Topliss-reactive ketones (excluding diaryl/α,β-unsaturated/α-hetero) is 1. The van der Waals surface area contributed by atoms with Crippen molar-refractivity contribution in [3.05, 3.63) is 63.7 Å². The molecule has 3 rings (SSSR count). The Labute approximate surface area is 143 Å². The summed E-state index contributed by atoms with van der Waals surface area (Å²) in [6, 6.07) is 7.58. The zero-order valence-corrected chi connectivity index (χ0v) is 13.6. The van der Waals surface area contributed by atoms with E-state index in [-0.39, 0.29) is 39.8 Å². The van der Waals surface area contributed by atoms with Gasteiger partial charge in [-0.2, -0.15) is 0 Å². The van der Waals surface area contributed by atoms with Gasteiger partial charge in [-0.1, -0.05) is 24.3 Å². The minimum Gasteiger partial charge on any atom is -0.506 e. The van der Waals surface area contributed by atoms with Gasteiger partial charge in [0.05, 0.1) is 24.7 Å². The normalized spacial score (nSPS) is 12.4. The Morgan fingerprint density at radius 1 is 1.04 bits per heavy atom. The lowest BCUT2D eigenvalue weighted by Gasteiger charge is -2.21. The third-order valence-corrected chi connectivity index (χ3v) is 4.19. The molecule has 0 unspecified atom stereocenters. The van der Waals surface area contributed by atoms with Crippen LogP contribution < -0.4 is 0 Å². The molecule has 0 bridgehead atoms. The van der Waals surface area contributed by atoms with E-state index in [4.69, 9.17) is 0 Å². The average molecular weight is 338 g/mol. The second-order valence-electron chi connectivity index (χ2n) is 5.69. The van der Waals surface area contributed by atoms with Gasteiger partial charge in [0.2, 0.25) is 0 Å². The summed E-state index contributed by atoms with van der Waals surface area (Å²) in [5, 5.41) is 10.5. The number of methoxy groups -OCH3 is 1. The fraction of sp³-hybridized carbons (Fsp3) is 0.158. The lowest BCUT2D eigenvalue weighted by Crippen LogP contribution is -2.23. The number of carbonyl (C=O) groups excluding carboxylic acids is 4. The molecule has 0 amide bonds. The van der Waals surface area contributed by atoms with Crippen molar-refractivity contribution in [1.82, 2.24) is 0 Å². The molecular formula is C19H14O6. The number of phenolic OH excluding ortho intramolecular Hbond substituents is 1. The van der Waals surface area contributed by atoms with Crippen molar-refractivity contribution < 1.29 is 29.0 Å². The van der Waals surface area contributed by atoms with Crippen LogP contribution in [0.15, 0.2) is 30.3 Å². The van der Waals surface area contributed by atoms with E-state index >= 15 is 0 Å². The molecular weight excluding hydrogens is 324 g/mol. The summed E-state index contributed by atoms with van der Waals surface area (Å²) >= 11 is 0. The predicted molar refractivity (Wildman–Crippen MR) is 87.1 cm³/mol. The molecule has 0 saturated heterocycles. The molecule has 25 heavy (non-hydrogen) atoms. The Hall–Kier alpha value is -3.28. The predicted octanol–water partition coefficient (Wildman–Crippen LogP) is 2.09. The van der Waals surface area contributed by atoms with Gasteiger partial charge in [-0.05, 0) is 18.6 Å². The molecule has 6 heteroatoms. The van der Waals surface area contributed by atoms with Gasteiger partial charge in [0.25, 0.3) is 0 Å². The van der Waals surface area contributed by atoms with Crippen molar-refractivity contribution in [2.24, 2.45) is 0 Å². The molecule has 2 aromatic rings. The number of hydrogen-bond acceptors (Lipinski definition) is 6. The van der Waals surface area contributed by atoms with Crippen LogP contribution in [0.2, 0.25) is 0 Å². The summed E-state index contributed by atoms with van der Waals surface area (Å²) in [5.41, 5.74) is 0.165. The fourth-order valence-corrected chi connectivity index (χ4v) is 3.05. The molecule has 0 heterocycles. The minimum absolute atomic E-state index is 0.0231. The standard InChI is InChI=1S/C19H14O6/c1-9(20)15-10(8-14(21)25-2)7-13-16(19(15)24)18(23)12-6-4-3-5-11(12)17(13)22/h3-7,24H,8H2,1-2H3. The Morgan fingerprint density at radius 2 is 1.64 bits per heavy atom. The second kappa shape index (κ2) is 5.98. The number of esters is 1. The highest BCUT2D eigenvalue weighted by molar-refractivity contribution is 6.30. The first-order valence-electron chi connectivity index (χ1n) is 7.51. The molecule has 1 N–H and O–H groups in total. The molecule has 1 aliphatic rings. The number of ether oxygens (including phenoxy) is 1.